The summed E-state index contributed by atoms with van der Waals surface area (Å²) in [6, 6.07) is 6.03. The van der Waals surface area contributed by atoms with Crippen molar-refractivity contribution in [2.75, 3.05) is 13.3 Å². The molecule has 0 spiro atoms. The van der Waals surface area contributed by atoms with Gasteiger partial charge in [-0.05, 0) is 31.0 Å². The summed E-state index contributed by atoms with van der Waals surface area (Å²) in [4.78, 5) is 0. The Hall–Kier alpha value is -1.05. The minimum absolute atomic E-state index is 0.315. The molecule has 1 aromatic rings. The monoisotopic (exact) mass is 182 g/mol. The summed E-state index contributed by atoms with van der Waals surface area (Å²) in [5, 5.41) is 0. The topological polar surface area (TPSA) is 9.23 Å². The lowest BCUT2D eigenvalue weighted by atomic mass is 10.1. The number of benzene rings is 1. The molecular weight excluding hydrogens is 167 g/mol. The molecule has 0 N–H and O–H groups in total. The number of hydrogen-bond donors (Lipinski definition) is 0. The van der Waals surface area contributed by atoms with Gasteiger partial charge in [-0.2, -0.15) is 0 Å². The van der Waals surface area contributed by atoms with Crippen LogP contribution in [0.1, 0.15) is 17.5 Å². The zero-order valence-electron chi connectivity index (χ0n) is 8.14. The predicted molar refractivity (Wildman–Crippen MR) is 52.0 cm³/mol. The van der Waals surface area contributed by atoms with E-state index >= 15 is 0 Å². The van der Waals surface area contributed by atoms with Gasteiger partial charge in [-0.15, -0.1) is 0 Å². The Bertz CT molecular complexity index is 271. The average Bonchev–Trinajstić information content (AvgIpc) is 2.11. The Morgan fingerprint density at radius 1 is 1.31 bits per heavy atom. The largest absolute Gasteiger partial charge is 0.493 e. The summed E-state index contributed by atoms with van der Waals surface area (Å²) in [5.74, 6) is 0.869. The zero-order chi connectivity index (χ0) is 9.68. The van der Waals surface area contributed by atoms with Crippen LogP contribution in [-0.4, -0.2) is 13.3 Å². The van der Waals surface area contributed by atoms with Crippen molar-refractivity contribution in [1.82, 2.24) is 0 Å². The summed E-state index contributed by atoms with van der Waals surface area (Å²) < 4.78 is 17.2. The molecular formula is C11H15FO. The van der Waals surface area contributed by atoms with Crippen LogP contribution in [0.15, 0.2) is 18.2 Å². The van der Waals surface area contributed by atoms with Crippen LogP contribution < -0.4 is 4.74 Å². The zero-order valence-corrected chi connectivity index (χ0v) is 8.14. The maximum atomic E-state index is 11.8. The van der Waals surface area contributed by atoms with Gasteiger partial charge in [0.2, 0.25) is 0 Å². The molecule has 1 rings (SSSR count). The fourth-order valence-corrected chi connectivity index (χ4v) is 1.10. The number of aryl methyl sites for hydroxylation is 2. The molecule has 0 saturated heterocycles. The molecule has 0 unspecified atom stereocenters. The number of ether oxygens (including phenoxy) is 1. The van der Waals surface area contributed by atoms with Gasteiger partial charge in [0.15, 0.2) is 0 Å². The standard InChI is InChI=1S/C11H15FO/c1-9-4-5-10(2)11(8-9)13-7-3-6-12/h4-5,8H,3,6-7H2,1-2H3. The van der Waals surface area contributed by atoms with Gasteiger partial charge in [0.25, 0.3) is 0 Å². The van der Waals surface area contributed by atoms with Gasteiger partial charge < -0.3 is 4.74 Å². The van der Waals surface area contributed by atoms with Crippen LogP contribution in [0.3, 0.4) is 0 Å². The van der Waals surface area contributed by atoms with Crippen LogP contribution in [0.2, 0.25) is 0 Å². The molecule has 13 heavy (non-hydrogen) atoms. The Kier molecular flexibility index (Phi) is 3.74. The second-order valence-corrected chi connectivity index (χ2v) is 3.16. The van der Waals surface area contributed by atoms with Crippen LogP contribution >= 0.6 is 0 Å². The van der Waals surface area contributed by atoms with E-state index < -0.39 is 0 Å². The maximum Gasteiger partial charge on any atom is 0.122 e. The van der Waals surface area contributed by atoms with E-state index in [0.29, 0.717) is 13.0 Å². The van der Waals surface area contributed by atoms with Crippen LogP contribution in [0, 0.1) is 13.8 Å². The second kappa shape index (κ2) is 4.85. The van der Waals surface area contributed by atoms with Crippen molar-refractivity contribution in [3.8, 4) is 5.75 Å². The summed E-state index contributed by atoms with van der Waals surface area (Å²) >= 11 is 0. The van der Waals surface area contributed by atoms with Crippen molar-refractivity contribution in [2.45, 2.75) is 20.3 Å². The van der Waals surface area contributed by atoms with Crippen LogP contribution in [0.25, 0.3) is 0 Å². The third-order valence-corrected chi connectivity index (χ3v) is 1.88. The Morgan fingerprint density at radius 3 is 2.77 bits per heavy atom. The molecule has 72 valence electrons. The first-order valence-corrected chi connectivity index (χ1v) is 4.50. The normalized spacial score (nSPS) is 10.1. The number of alkyl halides is 1. The summed E-state index contributed by atoms with van der Waals surface area (Å²) in [5.41, 5.74) is 2.27. The lowest BCUT2D eigenvalue weighted by Gasteiger charge is -2.08. The minimum atomic E-state index is -0.315. The first kappa shape index (κ1) is 10.0. The van der Waals surface area contributed by atoms with Gasteiger partial charge in [0.05, 0.1) is 13.3 Å². The van der Waals surface area contributed by atoms with E-state index in [-0.39, 0.29) is 6.67 Å². The highest BCUT2D eigenvalue weighted by molar-refractivity contribution is 5.35. The summed E-state index contributed by atoms with van der Waals surface area (Å²) in [6.07, 6.45) is 0.466. The summed E-state index contributed by atoms with van der Waals surface area (Å²) in [6.45, 7) is 4.15. The number of hydrogen-bond acceptors (Lipinski definition) is 1. The van der Waals surface area contributed by atoms with Crippen molar-refractivity contribution in [2.24, 2.45) is 0 Å². The Labute approximate surface area is 78.5 Å². The molecule has 0 aliphatic rings. The van der Waals surface area contributed by atoms with E-state index in [1.54, 1.807) is 0 Å². The van der Waals surface area contributed by atoms with Gasteiger partial charge in [-0.3, -0.25) is 4.39 Å². The van der Waals surface area contributed by atoms with E-state index in [2.05, 4.69) is 0 Å². The van der Waals surface area contributed by atoms with Crippen LogP contribution in [0.4, 0.5) is 4.39 Å². The highest BCUT2D eigenvalue weighted by Crippen LogP contribution is 2.18. The number of halogens is 1. The Balaban J connectivity index is 2.59. The van der Waals surface area contributed by atoms with Crippen molar-refractivity contribution < 1.29 is 9.13 Å². The molecule has 0 aliphatic heterocycles. The van der Waals surface area contributed by atoms with Crippen molar-refractivity contribution in [1.29, 1.82) is 0 Å². The van der Waals surface area contributed by atoms with Gasteiger partial charge in [0, 0.05) is 6.42 Å². The SMILES string of the molecule is Cc1ccc(C)c(OCCCF)c1. The predicted octanol–water partition coefficient (Wildman–Crippen LogP) is 3.04. The quantitative estimate of drug-likeness (QED) is 0.650. The molecule has 0 fully saturated rings. The molecule has 0 radical (unpaired) electrons. The van der Waals surface area contributed by atoms with E-state index in [9.17, 15) is 4.39 Å². The molecule has 0 saturated carbocycles. The van der Waals surface area contributed by atoms with Crippen molar-refractivity contribution >= 4 is 0 Å². The smallest absolute Gasteiger partial charge is 0.122 e. The first-order valence-electron chi connectivity index (χ1n) is 4.50. The average molecular weight is 182 g/mol. The molecule has 0 aliphatic carbocycles. The van der Waals surface area contributed by atoms with Gasteiger partial charge in [-0.1, -0.05) is 12.1 Å². The fourth-order valence-electron chi connectivity index (χ4n) is 1.10. The molecule has 0 atom stereocenters. The lowest BCUT2D eigenvalue weighted by Crippen LogP contribution is -1.99. The first-order chi connectivity index (χ1) is 6.24. The minimum Gasteiger partial charge on any atom is -0.493 e. The summed E-state index contributed by atoms with van der Waals surface area (Å²) in [7, 11) is 0. The van der Waals surface area contributed by atoms with E-state index in [0.717, 1.165) is 11.3 Å². The molecule has 0 heterocycles. The second-order valence-electron chi connectivity index (χ2n) is 3.16. The third kappa shape index (κ3) is 3.05. The number of rotatable bonds is 4. The lowest BCUT2D eigenvalue weighted by molar-refractivity contribution is 0.288. The molecule has 1 nitrogen and oxygen atoms in total. The molecule has 0 bridgehead atoms. The van der Waals surface area contributed by atoms with Gasteiger partial charge >= 0.3 is 0 Å². The van der Waals surface area contributed by atoms with Crippen LogP contribution in [-0.2, 0) is 0 Å². The van der Waals surface area contributed by atoms with E-state index in [4.69, 9.17) is 4.74 Å². The van der Waals surface area contributed by atoms with Crippen LogP contribution in [0.5, 0.6) is 5.75 Å². The van der Waals surface area contributed by atoms with Gasteiger partial charge in [-0.25, -0.2) is 0 Å². The fraction of sp³-hybridized carbons (Fsp3) is 0.455. The van der Waals surface area contributed by atoms with Gasteiger partial charge in [0.1, 0.15) is 5.75 Å². The van der Waals surface area contributed by atoms with E-state index in [1.165, 1.54) is 5.56 Å². The molecule has 0 aromatic heterocycles. The highest BCUT2D eigenvalue weighted by Gasteiger charge is 1.98. The molecule has 2 heteroatoms. The van der Waals surface area contributed by atoms with Crippen molar-refractivity contribution in [3.05, 3.63) is 29.3 Å². The maximum absolute atomic E-state index is 11.8. The van der Waals surface area contributed by atoms with E-state index in [1.807, 2.05) is 32.0 Å². The Morgan fingerprint density at radius 2 is 2.08 bits per heavy atom. The van der Waals surface area contributed by atoms with Crippen molar-refractivity contribution in [3.63, 3.8) is 0 Å². The molecule has 1 aromatic carbocycles. The highest BCUT2D eigenvalue weighted by atomic mass is 19.1. The molecule has 0 amide bonds. The third-order valence-electron chi connectivity index (χ3n) is 1.88.